The highest BCUT2D eigenvalue weighted by atomic mass is 16.5. The monoisotopic (exact) mass is 267 g/mol. The van der Waals surface area contributed by atoms with E-state index in [4.69, 9.17) is 4.74 Å². The van der Waals surface area contributed by atoms with Crippen molar-refractivity contribution in [1.82, 2.24) is 14.9 Å². The summed E-state index contributed by atoms with van der Waals surface area (Å²) in [4.78, 5) is 15.5. The number of nitrogens with one attached hydrogen (secondary N) is 1. The molecule has 1 N–H and O–H groups in total. The minimum Gasteiger partial charge on any atom is -0.466 e. The van der Waals surface area contributed by atoms with Crippen molar-refractivity contribution < 1.29 is 9.53 Å². The van der Waals surface area contributed by atoms with Crippen LogP contribution < -0.4 is 5.32 Å². The van der Waals surface area contributed by atoms with E-state index >= 15 is 0 Å². The Morgan fingerprint density at radius 3 is 2.95 bits per heavy atom. The molecule has 1 rings (SSSR count). The lowest BCUT2D eigenvalue weighted by atomic mass is 10.2. The van der Waals surface area contributed by atoms with Gasteiger partial charge in [-0.05, 0) is 26.3 Å². The van der Waals surface area contributed by atoms with E-state index in [-0.39, 0.29) is 5.97 Å². The molecule has 0 saturated heterocycles. The van der Waals surface area contributed by atoms with Gasteiger partial charge >= 0.3 is 5.97 Å². The Morgan fingerprint density at radius 2 is 2.21 bits per heavy atom. The van der Waals surface area contributed by atoms with Crippen LogP contribution in [0.3, 0.4) is 0 Å². The van der Waals surface area contributed by atoms with Gasteiger partial charge in [-0.25, -0.2) is 4.98 Å². The predicted octanol–water partition coefficient (Wildman–Crippen LogP) is 2.12. The zero-order valence-corrected chi connectivity index (χ0v) is 12.0. The van der Waals surface area contributed by atoms with E-state index < -0.39 is 0 Å². The number of unbranched alkanes of at least 4 members (excludes halogenated alkanes) is 2. The fraction of sp³-hybridized carbons (Fsp3) is 0.714. The number of carbonyl (C=O) groups is 1. The highest BCUT2D eigenvalue weighted by Gasteiger charge is 2.03. The molecule has 0 saturated carbocycles. The molecule has 0 fully saturated rings. The number of aryl methyl sites for hydroxylation is 1. The maximum atomic E-state index is 11.2. The molecule has 0 spiro atoms. The summed E-state index contributed by atoms with van der Waals surface area (Å²) in [6.45, 7) is 7.12. The first-order chi connectivity index (χ1) is 9.27. The quantitative estimate of drug-likeness (QED) is 0.521. The lowest BCUT2D eigenvalue weighted by Crippen LogP contribution is -2.16. The molecule has 1 aromatic heterocycles. The van der Waals surface area contributed by atoms with Gasteiger partial charge in [0.15, 0.2) is 0 Å². The molecule has 108 valence electrons. The van der Waals surface area contributed by atoms with Crippen LogP contribution in [0.4, 0.5) is 0 Å². The van der Waals surface area contributed by atoms with E-state index in [0.717, 1.165) is 44.7 Å². The molecule has 0 aliphatic carbocycles. The fourth-order valence-corrected chi connectivity index (χ4v) is 1.91. The molecule has 0 atom stereocenters. The van der Waals surface area contributed by atoms with E-state index in [9.17, 15) is 4.79 Å². The van der Waals surface area contributed by atoms with Gasteiger partial charge < -0.3 is 14.6 Å². The van der Waals surface area contributed by atoms with Gasteiger partial charge in [0.2, 0.25) is 0 Å². The summed E-state index contributed by atoms with van der Waals surface area (Å²) < 4.78 is 7.07. The van der Waals surface area contributed by atoms with Crippen LogP contribution in [-0.2, 0) is 22.6 Å². The number of rotatable bonds is 10. The summed E-state index contributed by atoms with van der Waals surface area (Å²) in [6.07, 6.45) is 7.38. The van der Waals surface area contributed by atoms with Crippen molar-refractivity contribution in [2.45, 2.75) is 52.6 Å². The zero-order valence-electron chi connectivity index (χ0n) is 12.0. The minimum atomic E-state index is -0.0852. The van der Waals surface area contributed by atoms with E-state index in [0.29, 0.717) is 13.0 Å². The number of hydrogen-bond acceptors (Lipinski definition) is 4. The first-order valence-electron chi connectivity index (χ1n) is 7.14. The van der Waals surface area contributed by atoms with Gasteiger partial charge in [-0.15, -0.1) is 0 Å². The van der Waals surface area contributed by atoms with Crippen LogP contribution in [0.1, 0.15) is 45.4 Å². The van der Waals surface area contributed by atoms with Crippen molar-refractivity contribution in [3.8, 4) is 0 Å². The Morgan fingerprint density at radius 1 is 1.37 bits per heavy atom. The second kappa shape index (κ2) is 9.55. The number of aromatic nitrogens is 2. The van der Waals surface area contributed by atoms with E-state index in [1.807, 2.05) is 19.3 Å². The van der Waals surface area contributed by atoms with E-state index in [1.54, 1.807) is 0 Å². The first kappa shape index (κ1) is 15.7. The summed E-state index contributed by atoms with van der Waals surface area (Å²) in [5.74, 6) is 0.991. The van der Waals surface area contributed by atoms with Gasteiger partial charge in [-0.3, -0.25) is 4.79 Å². The van der Waals surface area contributed by atoms with Crippen LogP contribution in [0.2, 0.25) is 0 Å². The second-order valence-electron chi connectivity index (χ2n) is 4.43. The first-order valence-corrected chi connectivity index (χ1v) is 7.14. The highest BCUT2D eigenvalue weighted by Crippen LogP contribution is 2.05. The highest BCUT2D eigenvalue weighted by molar-refractivity contribution is 5.69. The van der Waals surface area contributed by atoms with Crippen molar-refractivity contribution in [1.29, 1.82) is 0 Å². The average molecular weight is 267 g/mol. The number of esters is 1. The van der Waals surface area contributed by atoms with Crippen molar-refractivity contribution >= 4 is 5.97 Å². The number of nitrogens with zero attached hydrogens (tertiary/aromatic N) is 2. The van der Waals surface area contributed by atoms with Gasteiger partial charge in [0.1, 0.15) is 5.82 Å². The summed E-state index contributed by atoms with van der Waals surface area (Å²) in [5, 5.41) is 3.28. The molecule has 1 heterocycles. The van der Waals surface area contributed by atoms with Crippen LogP contribution in [0, 0.1) is 0 Å². The van der Waals surface area contributed by atoms with Gasteiger partial charge in [-0.2, -0.15) is 0 Å². The molecule has 5 heteroatoms. The summed E-state index contributed by atoms with van der Waals surface area (Å²) in [7, 11) is 0. The fourth-order valence-electron chi connectivity index (χ4n) is 1.91. The van der Waals surface area contributed by atoms with Crippen molar-refractivity contribution in [3.05, 3.63) is 18.2 Å². The zero-order chi connectivity index (χ0) is 13.9. The average Bonchev–Trinajstić information content (AvgIpc) is 2.84. The summed E-state index contributed by atoms with van der Waals surface area (Å²) >= 11 is 0. The van der Waals surface area contributed by atoms with Crippen molar-refractivity contribution in [2.75, 3.05) is 13.2 Å². The molecule has 0 unspecified atom stereocenters. The van der Waals surface area contributed by atoms with Crippen LogP contribution in [0.5, 0.6) is 0 Å². The topological polar surface area (TPSA) is 56.2 Å². The molecule has 19 heavy (non-hydrogen) atoms. The Hall–Kier alpha value is -1.36. The molecule has 0 bridgehead atoms. The Labute approximate surface area is 115 Å². The number of imidazole rings is 1. The number of ether oxygens (including phenoxy) is 1. The Kier molecular flexibility index (Phi) is 7.89. The molecular weight excluding hydrogens is 242 g/mol. The minimum absolute atomic E-state index is 0.0852. The van der Waals surface area contributed by atoms with Gasteiger partial charge in [0.25, 0.3) is 0 Å². The van der Waals surface area contributed by atoms with Crippen molar-refractivity contribution in [3.63, 3.8) is 0 Å². The maximum Gasteiger partial charge on any atom is 0.305 e. The Bertz CT molecular complexity index is 363. The van der Waals surface area contributed by atoms with Gasteiger partial charge in [0, 0.05) is 25.4 Å². The molecule has 0 aliphatic rings. The molecule has 0 amide bonds. The maximum absolute atomic E-state index is 11.2. The molecule has 0 radical (unpaired) electrons. The summed E-state index contributed by atoms with van der Waals surface area (Å²) in [6, 6.07) is 0. The molecular formula is C14H25N3O2. The van der Waals surface area contributed by atoms with Gasteiger partial charge in [-0.1, -0.05) is 13.3 Å². The smallest absolute Gasteiger partial charge is 0.305 e. The lowest BCUT2D eigenvalue weighted by molar-refractivity contribution is -0.143. The van der Waals surface area contributed by atoms with Crippen LogP contribution in [0.25, 0.3) is 0 Å². The lowest BCUT2D eigenvalue weighted by Gasteiger charge is -2.08. The second-order valence-corrected chi connectivity index (χ2v) is 4.43. The van der Waals surface area contributed by atoms with Crippen LogP contribution >= 0.6 is 0 Å². The molecule has 0 aliphatic heterocycles. The summed E-state index contributed by atoms with van der Waals surface area (Å²) in [5.41, 5.74) is 0. The van der Waals surface area contributed by atoms with Crippen molar-refractivity contribution in [2.24, 2.45) is 0 Å². The molecule has 1 aromatic rings. The van der Waals surface area contributed by atoms with E-state index in [1.165, 1.54) is 0 Å². The third-order valence-corrected chi connectivity index (χ3v) is 2.92. The largest absolute Gasteiger partial charge is 0.466 e. The SMILES string of the molecule is CCNCc1nccn1CCCCCC(=O)OCC. The van der Waals surface area contributed by atoms with Crippen LogP contribution in [-0.4, -0.2) is 28.7 Å². The van der Waals surface area contributed by atoms with E-state index in [2.05, 4.69) is 21.8 Å². The molecule has 0 aromatic carbocycles. The number of carbonyl (C=O) groups excluding carboxylic acids is 1. The standard InChI is InChI=1S/C14H25N3O2/c1-3-15-12-13-16-9-11-17(13)10-7-5-6-8-14(18)19-4-2/h9,11,15H,3-8,10,12H2,1-2H3. The normalized spacial score (nSPS) is 10.6. The van der Waals surface area contributed by atoms with Gasteiger partial charge in [0.05, 0.1) is 13.2 Å². The Balaban J connectivity index is 2.15. The molecule has 5 nitrogen and oxygen atoms in total. The predicted molar refractivity (Wildman–Crippen MR) is 74.7 cm³/mol. The third-order valence-electron chi connectivity index (χ3n) is 2.92. The number of hydrogen-bond donors (Lipinski definition) is 1. The van der Waals surface area contributed by atoms with Crippen LogP contribution in [0.15, 0.2) is 12.4 Å². The third kappa shape index (κ3) is 6.38.